The van der Waals surface area contributed by atoms with Crippen LogP contribution in [0.2, 0.25) is 0 Å². The van der Waals surface area contributed by atoms with Crippen molar-refractivity contribution in [1.29, 1.82) is 0 Å². The molecule has 0 atom stereocenters. The fraction of sp³-hybridized carbons (Fsp3) is 0.250. The summed E-state index contributed by atoms with van der Waals surface area (Å²) in [7, 11) is 1.47. The van der Waals surface area contributed by atoms with Crippen molar-refractivity contribution in [3.63, 3.8) is 0 Å². The smallest absolute Gasteiger partial charge is 0.276 e. The number of nitrogens with one attached hydrogen (secondary N) is 2. The van der Waals surface area contributed by atoms with Crippen LogP contribution in [0.4, 0.5) is 5.69 Å². The van der Waals surface area contributed by atoms with Gasteiger partial charge in [-0.15, -0.1) is 0 Å². The third kappa shape index (κ3) is 3.63. The van der Waals surface area contributed by atoms with Crippen molar-refractivity contribution in [3.8, 4) is 0 Å². The van der Waals surface area contributed by atoms with E-state index in [2.05, 4.69) is 15.7 Å². The van der Waals surface area contributed by atoms with Gasteiger partial charge in [0.05, 0.1) is 0 Å². The Bertz CT molecular complexity index is 824. The molecule has 7 nitrogen and oxygen atoms in total. The second-order valence-electron chi connectivity index (χ2n) is 5.46. The number of carbonyl (C=O) groups is 2. The normalized spacial score (nSPS) is 13.4. The first kappa shape index (κ1) is 15.0. The van der Waals surface area contributed by atoms with E-state index in [1.54, 1.807) is 24.3 Å². The van der Waals surface area contributed by atoms with E-state index >= 15 is 0 Å². The number of aryl methyl sites for hydroxylation is 1. The lowest BCUT2D eigenvalue weighted by atomic mass is 10.2. The second-order valence-corrected chi connectivity index (χ2v) is 5.46. The summed E-state index contributed by atoms with van der Waals surface area (Å²) in [6.45, 7) is 0. The highest BCUT2D eigenvalue weighted by molar-refractivity contribution is 6.03. The van der Waals surface area contributed by atoms with Crippen LogP contribution in [0.15, 0.2) is 41.2 Å². The monoisotopic (exact) mass is 312 g/mol. The fourth-order valence-electron chi connectivity index (χ4n) is 2.05. The third-order valence-electron chi connectivity index (χ3n) is 3.49. The summed E-state index contributed by atoms with van der Waals surface area (Å²) in [6.07, 6.45) is 2.03. The average molecular weight is 312 g/mol. The molecule has 7 heteroatoms. The molecule has 1 aliphatic carbocycles. The number of carbonyl (C=O) groups excluding carboxylic acids is 2. The highest BCUT2D eigenvalue weighted by Gasteiger charge is 2.23. The summed E-state index contributed by atoms with van der Waals surface area (Å²) in [5.41, 5.74) is 0.817. The molecule has 1 heterocycles. The summed E-state index contributed by atoms with van der Waals surface area (Å²) in [6, 6.07) is 9.60. The zero-order chi connectivity index (χ0) is 16.4. The van der Waals surface area contributed by atoms with Gasteiger partial charge in [0.25, 0.3) is 17.4 Å². The molecule has 23 heavy (non-hydrogen) atoms. The van der Waals surface area contributed by atoms with Crippen LogP contribution in [0.1, 0.15) is 33.7 Å². The molecule has 1 aromatic carbocycles. The zero-order valence-electron chi connectivity index (χ0n) is 12.6. The maximum Gasteiger partial charge on any atom is 0.276 e. The molecule has 0 bridgehead atoms. The van der Waals surface area contributed by atoms with Crippen molar-refractivity contribution in [2.45, 2.75) is 18.9 Å². The predicted molar refractivity (Wildman–Crippen MR) is 84.4 cm³/mol. The quantitative estimate of drug-likeness (QED) is 0.878. The summed E-state index contributed by atoms with van der Waals surface area (Å²) in [4.78, 5) is 35.5. The Labute approximate surface area is 132 Å². The van der Waals surface area contributed by atoms with Gasteiger partial charge in [-0.25, -0.2) is 4.68 Å². The van der Waals surface area contributed by atoms with Gasteiger partial charge < -0.3 is 10.6 Å². The Morgan fingerprint density at radius 2 is 1.96 bits per heavy atom. The van der Waals surface area contributed by atoms with Gasteiger partial charge in [-0.2, -0.15) is 5.10 Å². The molecule has 3 rings (SSSR count). The van der Waals surface area contributed by atoms with E-state index in [1.807, 2.05) is 0 Å². The molecule has 1 fully saturated rings. The minimum atomic E-state index is -0.444. The molecule has 2 amide bonds. The van der Waals surface area contributed by atoms with Crippen molar-refractivity contribution in [2.75, 3.05) is 5.32 Å². The molecule has 1 aromatic heterocycles. The third-order valence-corrected chi connectivity index (χ3v) is 3.49. The van der Waals surface area contributed by atoms with Gasteiger partial charge in [0.15, 0.2) is 0 Å². The number of benzene rings is 1. The van der Waals surface area contributed by atoms with Crippen molar-refractivity contribution >= 4 is 17.5 Å². The van der Waals surface area contributed by atoms with E-state index in [9.17, 15) is 14.4 Å². The number of hydrogen-bond acceptors (Lipinski definition) is 4. The molecule has 2 N–H and O–H groups in total. The summed E-state index contributed by atoms with van der Waals surface area (Å²) >= 11 is 0. The Kier molecular flexibility index (Phi) is 3.92. The maximum absolute atomic E-state index is 12.2. The number of rotatable bonds is 4. The summed E-state index contributed by atoms with van der Waals surface area (Å²) < 4.78 is 1.09. The van der Waals surface area contributed by atoms with Gasteiger partial charge in [-0.3, -0.25) is 14.4 Å². The molecular formula is C16H16N4O3. The second kappa shape index (κ2) is 6.04. The molecule has 1 saturated carbocycles. The van der Waals surface area contributed by atoms with Crippen LogP contribution >= 0.6 is 0 Å². The lowest BCUT2D eigenvalue weighted by molar-refractivity contribution is 0.0949. The first-order valence-corrected chi connectivity index (χ1v) is 7.29. The van der Waals surface area contributed by atoms with E-state index in [4.69, 9.17) is 0 Å². The number of hydrogen-bond donors (Lipinski definition) is 2. The molecule has 0 unspecified atom stereocenters. The Morgan fingerprint density at radius 1 is 1.17 bits per heavy atom. The van der Waals surface area contributed by atoms with Crippen LogP contribution in [-0.2, 0) is 7.05 Å². The first-order valence-electron chi connectivity index (χ1n) is 7.29. The molecule has 118 valence electrons. The minimum absolute atomic E-state index is 0.125. The Morgan fingerprint density at radius 3 is 2.65 bits per heavy atom. The van der Waals surface area contributed by atoms with Crippen molar-refractivity contribution in [1.82, 2.24) is 15.1 Å². The van der Waals surface area contributed by atoms with Gasteiger partial charge in [-0.1, -0.05) is 6.07 Å². The van der Waals surface area contributed by atoms with E-state index < -0.39 is 5.91 Å². The van der Waals surface area contributed by atoms with Gasteiger partial charge >= 0.3 is 0 Å². The lowest BCUT2D eigenvalue weighted by Crippen LogP contribution is -2.25. The largest absolute Gasteiger partial charge is 0.349 e. The van der Waals surface area contributed by atoms with E-state index in [-0.39, 0.29) is 23.2 Å². The lowest BCUT2D eigenvalue weighted by Gasteiger charge is -2.08. The highest BCUT2D eigenvalue weighted by atomic mass is 16.2. The van der Waals surface area contributed by atoms with Crippen LogP contribution in [0.25, 0.3) is 0 Å². The van der Waals surface area contributed by atoms with Crippen LogP contribution in [0, 0.1) is 0 Å². The van der Waals surface area contributed by atoms with Gasteiger partial charge in [0.2, 0.25) is 0 Å². The average Bonchev–Trinajstić information content (AvgIpc) is 3.34. The molecule has 0 aliphatic heterocycles. The number of anilines is 1. The maximum atomic E-state index is 12.2. The van der Waals surface area contributed by atoms with Crippen molar-refractivity contribution < 1.29 is 9.59 Å². The molecule has 1 aliphatic rings. The van der Waals surface area contributed by atoms with E-state index in [0.717, 1.165) is 17.5 Å². The standard InChI is InChI=1S/C16H16N4O3/c1-20-14(21)8-7-13(19-20)16(23)18-12-4-2-3-10(9-12)15(22)17-11-5-6-11/h2-4,7-9,11H,5-6H2,1H3,(H,17,22)(H,18,23). The van der Waals surface area contributed by atoms with Crippen molar-refractivity contribution in [3.05, 3.63) is 58.0 Å². The van der Waals surface area contributed by atoms with Crippen LogP contribution in [-0.4, -0.2) is 27.6 Å². The molecular weight excluding hydrogens is 296 g/mol. The Balaban J connectivity index is 1.73. The number of aromatic nitrogens is 2. The van der Waals surface area contributed by atoms with E-state index in [0.29, 0.717) is 11.3 Å². The van der Waals surface area contributed by atoms with Gasteiger partial charge in [0.1, 0.15) is 5.69 Å². The summed E-state index contributed by atoms with van der Waals surface area (Å²) in [5.74, 6) is -0.593. The molecule has 0 spiro atoms. The molecule has 0 radical (unpaired) electrons. The number of nitrogens with zero attached hydrogens (tertiary/aromatic N) is 2. The SMILES string of the molecule is Cn1nc(C(=O)Nc2cccc(C(=O)NC3CC3)c2)ccc1=O. The predicted octanol–water partition coefficient (Wildman–Crippen LogP) is 0.925. The van der Waals surface area contributed by atoms with Crippen LogP contribution in [0.3, 0.4) is 0 Å². The summed E-state index contributed by atoms with van der Waals surface area (Å²) in [5, 5.41) is 9.45. The molecule has 2 aromatic rings. The highest BCUT2D eigenvalue weighted by Crippen LogP contribution is 2.20. The zero-order valence-corrected chi connectivity index (χ0v) is 12.6. The first-order chi connectivity index (χ1) is 11.0. The molecule has 0 saturated heterocycles. The minimum Gasteiger partial charge on any atom is -0.349 e. The number of amides is 2. The van der Waals surface area contributed by atoms with E-state index in [1.165, 1.54) is 19.2 Å². The van der Waals surface area contributed by atoms with Gasteiger partial charge in [0, 0.05) is 30.4 Å². The van der Waals surface area contributed by atoms with Gasteiger partial charge in [-0.05, 0) is 37.1 Å². The van der Waals surface area contributed by atoms with Crippen molar-refractivity contribution in [2.24, 2.45) is 7.05 Å². The topological polar surface area (TPSA) is 93.1 Å². The van der Waals surface area contributed by atoms with Crippen LogP contribution in [0.5, 0.6) is 0 Å². The fourth-order valence-corrected chi connectivity index (χ4v) is 2.05. The Hall–Kier alpha value is -2.96. The van der Waals surface area contributed by atoms with Crippen LogP contribution < -0.4 is 16.2 Å².